The number of benzene rings is 7. The molecule has 0 amide bonds. The number of rotatable bonds is 3. The van der Waals surface area contributed by atoms with Crippen molar-refractivity contribution in [1.82, 2.24) is 9.55 Å². The molecule has 0 saturated carbocycles. The van der Waals surface area contributed by atoms with E-state index in [9.17, 15) is 0 Å². The monoisotopic (exact) mass is 590 g/mol. The second-order valence-corrected chi connectivity index (χ2v) is 13.4. The van der Waals surface area contributed by atoms with Crippen molar-refractivity contribution in [2.45, 2.75) is 33.1 Å². The average molecular weight is 591 g/mol. The molecular formula is C44H34N2. The summed E-state index contributed by atoms with van der Waals surface area (Å²) in [6.07, 6.45) is 4.03. The summed E-state index contributed by atoms with van der Waals surface area (Å²) in [4.78, 5) is 4.93. The van der Waals surface area contributed by atoms with E-state index in [4.69, 9.17) is 4.98 Å². The van der Waals surface area contributed by atoms with Crippen molar-refractivity contribution in [3.63, 3.8) is 0 Å². The van der Waals surface area contributed by atoms with Crippen molar-refractivity contribution in [1.29, 1.82) is 0 Å². The standard InChI is InChI=1S/C44H34N2/c1-27-22-31(29-12-6-5-7-13-29)23-28(2)42(27)46-21-20-45-43(46)30-18-19-40-38(24-30)39-25-36-34-16-10-8-14-32(34)33-15-9-11-17-35(33)37(36)26-41(39)44(40,3)4/h5-26H,1-4H3. The highest BCUT2D eigenvalue weighted by Gasteiger charge is 2.36. The number of hydrogen-bond donors (Lipinski definition) is 0. The third-order valence-corrected chi connectivity index (χ3v) is 10.3. The maximum absolute atomic E-state index is 4.93. The summed E-state index contributed by atoms with van der Waals surface area (Å²) in [7, 11) is 0. The van der Waals surface area contributed by atoms with Gasteiger partial charge in [0, 0.05) is 23.4 Å². The van der Waals surface area contributed by atoms with Crippen LogP contribution in [-0.4, -0.2) is 9.55 Å². The van der Waals surface area contributed by atoms with Crippen LogP contribution in [0.25, 0.3) is 71.6 Å². The number of imidazole rings is 1. The van der Waals surface area contributed by atoms with Crippen molar-refractivity contribution in [2.75, 3.05) is 0 Å². The van der Waals surface area contributed by atoms with E-state index in [1.807, 2.05) is 6.20 Å². The van der Waals surface area contributed by atoms with Gasteiger partial charge in [-0.05, 0) is 121 Å². The van der Waals surface area contributed by atoms with E-state index in [-0.39, 0.29) is 5.41 Å². The zero-order valence-corrected chi connectivity index (χ0v) is 26.6. The van der Waals surface area contributed by atoms with E-state index in [1.165, 1.54) is 82.5 Å². The minimum absolute atomic E-state index is 0.111. The van der Waals surface area contributed by atoms with Crippen LogP contribution in [0.1, 0.15) is 36.1 Å². The van der Waals surface area contributed by atoms with Gasteiger partial charge in [-0.25, -0.2) is 4.98 Å². The molecule has 0 aliphatic heterocycles. The summed E-state index contributed by atoms with van der Waals surface area (Å²) < 4.78 is 2.27. The third-order valence-electron chi connectivity index (χ3n) is 10.3. The molecule has 0 N–H and O–H groups in total. The van der Waals surface area contributed by atoms with E-state index in [2.05, 4.69) is 160 Å². The molecule has 220 valence electrons. The van der Waals surface area contributed by atoms with E-state index < -0.39 is 0 Å². The lowest BCUT2D eigenvalue weighted by molar-refractivity contribution is 0.661. The predicted octanol–water partition coefficient (Wildman–Crippen LogP) is 11.6. The van der Waals surface area contributed by atoms with Crippen LogP contribution in [-0.2, 0) is 5.41 Å². The zero-order chi connectivity index (χ0) is 31.2. The van der Waals surface area contributed by atoms with Gasteiger partial charge in [-0.1, -0.05) is 105 Å². The Labute approximate surface area is 269 Å². The minimum atomic E-state index is -0.111. The predicted molar refractivity (Wildman–Crippen MR) is 194 cm³/mol. The Morgan fingerprint density at radius 2 is 1.07 bits per heavy atom. The van der Waals surface area contributed by atoms with E-state index in [0.29, 0.717) is 0 Å². The first-order chi connectivity index (χ1) is 22.4. The van der Waals surface area contributed by atoms with Crippen LogP contribution >= 0.6 is 0 Å². The molecule has 9 rings (SSSR count). The quantitative estimate of drug-likeness (QED) is 0.187. The molecule has 2 heteroatoms. The molecule has 0 fully saturated rings. The van der Waals surface area contributed by atoms with E-state index in [1.54, 1.807) is 0 Å². The second-order valence-electron chi connectivity index (χ2n) is 13.4. The Morgan fingerprint density at radius 3 is 1.72 bits per heavy atom. The van der Waals surface area contributed by atoms with Crippen LogP contribution in [0.3, 0.4) is 0 Å². The number of hydrogen-bond acceptors (Lipinski definition) is 1. The number of fused-ring (bicyclic) bond motifs is 9. The van der Waals surface area contributed by atoms with Crippen molar-refractivity contribution in [3.05, 3.63) is 156 Å². The Balaban J connectivity index is 1.23. The van der Waals surface area contributed by atoms with Crippen LogP contribution in [0.2, 0.25) is 0 Å². The van der Waals surface area contributed by atoms with Gasteiger partial charge in [0.05, 0.1) is 5.69 Å². The summed E-state index contributed by atoms with van der Waals surface area (Å²) in [5.74, 6) is 0.963. The van der Waals surface area contributed by atoms with Gasteiger partial charge in [-0.15, -0.1) is 0 Å². The van der Waals surface area contributed by atoms with Gasteiger partial charge in [0.25, 0.3) is 0 Å². The second kappa shape index (κ2) is 9.76. The highest BCUT2D eigenvalue weighted by Crippen LogP contribution is 2.52. The average Bonchev–Trinajstić information content (AvgIpc) is 3.64. The van der Waals surface area contributed by atoms with Gasteiger partial charge in [0.2, 0.25) is 0 Å². The summed E-state index contributed by atoms with van der Waals surface area (Å²) in [6.45, 7) is 9.15. The largest absolute Gasteiger partial charge is 0.299 e. The minimum Gasteiger partial charge on any atom is -0.299 e. The van der Waals surface area contributed by atoms with Gasteiger partial charge in [0.15, 0.2) is 0 Å². The van der Waals surface area contributed by atoms with Crippen LogP contribution in [0, 0.1) is 13.8 Å². The molecule has 0 bridgehead atoms. The molecule has 7 aromatic carbocycles. The molecule has 0 saturated heterocycles. The number of aryl methyl sites for hydroxylation is 2. The van der Waals surface area contributed by atoms with Gasteiger partial charge < -0.3 is 0 Å². The van der Waals surface area contributed by atoms with Crippen molar-refractivity contribution in [2.24, 2.45) is 0 Å². The molecule has 0 spiro atoms. The first kappa shape index (κ1) is 26.9. The summed E-state index contributed by atoms with van der Waals surface area (Å²) in [6, 6.07) is 44.8. The molecule has 0 radical (unpaired) electrons. The fraction of sp³-hybridized carbons (Fsp3) is 0.114. The molecular weight excluding hydrogens is 556 g/mol. The van der Waals surface area contributed by atoms with Gasteiger partial charge in [-0.2, -0.15) is 0 Å². The first-order valence-corrected chi connectivity index (χ1v) is 16.1. The van der Waals surface area contributed by atoms with Crippen molar-refractivity contribution in [3.8, 4) is 39.3 Å². The fourth-order valence-electron chi connectivity index (χ4n) is 8.12. The van der Waals surface area contributed by atoms with Gasteiger partial charge >= 0.3 is 0 Å². The lowest BCUT2D eigenvalue weighted by atomic mass is 9.81. The summed E-state index contributed by atoms with van der Waals surface area (Å²) in [5, 5.41) is 7.89. The number of aromatic nitrogens is 2. The molecule has 8 aromatic rings. The molecule has 0 unspecified atom stereocenters. The smallest absolute Gasteiger partial charge is 0.144 e. The maximum Gasteiger partial charge on any atom is 0.144 e. The highest BCUT2D eigenvalue weighted by atomic mass is 15.1. The van der Waals surface area contributed by atoms with Gasteiger partial charge in [-0.3, -0.25) is 4.57 Å². The SMILES string of the molecule is Cc1cc(-c2ccccc2)cc(C)c1-n1ccnc1-c1ccc2c(c1)-c1cc3c4ccccc4c4ccccc4c3cc1C2(C)C. The van der Waals surface area contributed by atoms with Gasteiger partial charge in [0.1, 0.15) is 5.82 Å². The normalized spacial score (nSPS) is 13.4. The lowest BCUT2D eigenvalue weighted by Crippen LogP contribution is -2.15. The number of nitrogens with zero attached hydrogens (tertiary/aromatic N) is 2. The Morgan fingerprint density at radius 1 is 0.500 bits per heavy atom. The highest BCUT2D eigenvalue weighted by molar-refractivity contribution is 6.26. The zero-order valence-electron chi connectivity index (χ0n) is 26.6. The molecule has 2 nitrogen and oxygen atoms in total. The Bertz CT molecular complexity index is 2490. The topological polar surface area (TPSA) is 17.8 Å². The summed E-state index contributed by atoms with van der Waals surface area (Å²) in [5.41, 5.74) is 12.5. The fourth-order valence-corrected chi connectivity index (χ4v) is 8.12. The Kier molecular flexibility index (Phi) is 5.71. The van der Waals surface area contributed by atoms with E-state index >= 15 is 0 Å². The summed E-state index contributed by atoms with van der Waals surface area (Å²) >= 11 is 0. The van der Waals surface area contributed by atoms with Crippen LogP contribution in [0.15, 0.2) is 134 Å². The molecule has 1 heterocycles. The first-order valence-electron chi connectivity index (χ1n) is 16.1. The molecule has 1 aliphatic carbocycles. The van der Waals surface area contributed by atoms with Crippen molar-refractivity contribution >= 4 is 32.3 Å². The molecule has 46 heavy (non-hydrogen) atoms. The maximum atomic E-state index is 4.93. The molecule has 1 aliphatic rings. The Hall–Kier alpha value is -5.47. The van der Waals surface area contributed by atoms with Crippen molar-refractivity contribution < 1.29 is 0 Å². The van der Waals surface area contributed by atoms with Crippen LogP contribution in [0.5, 0.6) is 0 Å². The van der Waals surface area contributed by atoms with Crippen LogP contribution < -0.4 is 0 Å². The molecule has 0 atom stereocenters. The third kappa shape index (κ3) is 3.80. The van der Waals surface area contributed by atoms with E-state index in [0.717, 1.165) is 11.4 Å². The van der Waals surface area contributed by atoms with Crippen LogP contribution in [0.4, 0.5) is 0 Å². The molecule has 1 aromatic heterocycles. The lowest BCUT2D eigenvalue weighted by Gasteiger charge is -2.22.